The van der Waals surface area contributed by atoms with E-state index in [0.29, 0.717) is 18.8 Å². The molecule has 3 aromatic rings. The number of anilines is 1. The van der Waals surface area contributed by atoms with Gasteiger partial charge in [0.05, 0.1) is 18.4 Å². The van der Waals surface area contributed by atoms with Crippen LogP contribution in [0.2, 0.25) is 5.02 Å². The van der Waals surface area contributed by atoms with Gasteiger partial charge in [0.15, 0.2) is 0 Å². The number of halogens is 1. The molecule has 1 heterocycles. The number of aromatic nitrogens is 2. The van der Waals surface area contributed by atoms with E-state index in [1.807, 2.05) is 42.3 Å². The van der Waals surface area contributed by atoms with E-state index in [9.17, 15) is 4.79 Å². The molecule has 0 amide bonds. The van der Waals surface area contributed by atoms with Crippen molar-refractivity contribution in [3.05, 3.63) is 87.3 Å². The molecule has 0 saturated carbocycles. The fourth-order valence-electron chi connectivity index (χ4n) is 2.68. The minimum Gasteiger partial charge on any atom is -0.368 e. The highest BCUT2D eigenvalue weighted by Crippen LogP contribution is 2.22. The Morgan fingerprint density at radius 2 is 1.77 bits per heavy atom. The largest absolute Gasteiger partial charge is 0.368 e. The summed E-state index contributed by atoms with van der Waals surface area (Å²) >= 11 is 8.07. The quantitative estimate of drug-likeness (QED) is 0.593. The molecule has 0 spiro atoms. The molecule has 3 rings (SSSR count). The van der Waals surface area contributed by atoms with Gasteiger partial charge < -0.3 is 4.90 Å². The van der Waals surface area contributed by atoms with Gasteiger partial charge in [-0.15, -0.1) is 11.8 Å². The second kappa shape index (κ2) is 8.43. The maximum absolute atomic E-state index is 12.6. The fraction of sp³-hybridized carbons (Fsp3) is 0.200. The van der Waals surface area contributed by atoms with E-state index in [1.54, 1.807) is 18.0 Å². The van der Waals surface area contributed by atoms with Crippen molar-refractivity contribution < 1.29 is 0 Å². The zero-order chi connectivity index (χ0) is 18.5. The molecular weight excluding hydrogens is 366 g/mol. The van der Waals surface area contributed by atoms with Gasteiger partial charge in [0.1, 0.15) is 5.02 Å². The standard InChI is InChI=1S/C20H20ClN3OS/c1-23(13-16-8-10-17(26-2)11-9-16)18-12-22-24(20(25)19(18)21)14-15-6-4-3-5-7-15/h3-12H,13-14H2,1-2H3. The van der Waals surface area contributed by atoms with Crippen molar-refractivity contribution in [1.29, 1.82) is 0 Å². The Kier molecular flexibility index (Phi) is 6.01. The lowest BCUT2D eigenvalue weighted by Crippen LogP contribution is -2.27. The van der Waals surface area contributed by atoms with Crippen LogP contribution in [-0.2, 0) is 13.1 Å². The van der Waals surface area contributed by atoms with Crippen molar-refractivity contribution in [2.24, 2.45) is 0 Å². The van der Waals surface area contributed by atoms with Crippen molar-refractivity contribution in [3.8, 4) is 0 Å². The Morgan fingerprint density at radius 1 is 1.08 bits per heavy atom. The summed E-state index contributed by atoms with van der Waals surface area (Å²) in [4.78, 5) is 15.7. The molecule has 0 saturated heterocycles. The van der Waals surface area contributed by atoms with Gasteiger partial charge in [-0.1, -0.05) is 54.1 Å². The van der Waals surface area contributed by atoms with E-state index in [4.69, 9.17) is 11.6 Å². The van der Waals surface area contributed by atoms with E-state index < -0.39 is 0 Å². The van der Waals surface area contributed by atoms with Crippen molar-refractivity contribution in [1.82, 2.24) is 9.78 Å². The van der Waals surface area contributed by atoms with Crippen molar-refractivity contribution in [3.63, 3.8) is 0 Å². The first kappa shape index (κ1) is 18.5. The van der Waals surface area contributed by atoms with Gasteiger partial charge in [-0.25, -0.2) is 4.68 Å². The number of thioether (sulfide) groups is 1. The van der Waals surface area contributed by atoms with Gasteiger partial charge in [0, 0.05) is 18.5 Å². The molecule has 0 radical (unpaired) electrons. The van der Waals surface area contributed by atoms with Crippen LogP contribution >= 0.6 is 23.4 Å². The summed E-state index contributed by atoms with van der Waals surface area (Å²) in [5.74, 6) is 0. The lowest BCUT2D eigenvalue weighted by atomic mass is 10.2. The molecule has 0 aliphatic rings. The van der Waals surface area contributed by atoms with Crippen LogP contribution < -0.4 is 10.5 Å². The summed E-state index contributed by atoms with van der Waals surface area (Å²) in [6, 6.07) is 18.1. The maximum Gasteiger partial charge on any atom is 0.287 e. The minimum atomic E-state index is -0.280. The summed E-state index contributed by atoms with van der Waals surface area (Å²) in [6.45, 7) is 1.05. The molecule has 0 atom stereocenters. The van der Waals surface area contributed by atoms with E-state index >= 15 is 0 Å². The SMILES string of the molecule is CSc1ccc(CN(C)c2cnn(Cc3ccccc3)c(=O)c2Cl)cc1. The monoisotopic (exact) mass is 385 g/mol. The number of rotatable bonds is 6. The predicted molar refractivity (Wildman–Crippen MR) is 109 cm³/mol. The Hall–Kier alpha value is -2.24. The lowest BCUT2D eigenvalue weighted by Gasteiger charge is -2.20. The van der Waals surface area contributed by atoms with Crippen LogP contribution in [0.25, 0.3) is 0 Å². The van der Waals surface area contributed by atoms with Crippen LogP contribution in [0.3, 0.4) is 0 Å². The molecule has 26 heavy (non-hydrogen) atoms. The first-order chi connectivity index (χ1) is 12.6. The van der Waals surface area contributed by atoms with Crippen molar-refractivity contribution >= 4 is 29.1 Å². The summed E-state index contributed by atoms with van der Waals surface area (Å²) in [6.07, 6.45) is 3.71. The lowest BCUT2D eigenvalue weighted by molar-refractivity contribution is 0.637. The molecule has 6 heteroatoms. The smallest absolute Gasteiger partial charge is 0.287 e. The van der Waals surface area contributed by atoms with Gasteiger partial charge in [-0.05, 0) is 29.5 Å². The second-order valence-corrected chi connectivity index (χ2v) is 7.25. The number of nitrogens with zero attached hydrogens (tertiary/aromatic N) is 3. The Labute approximate surface area is 162 Å². The van der Waals surface area contributed by atoms with Crippen LogP contribution in [0.5, 0.6) is 0 Å². The second-order valence-electron chi connectivity index (χ2n) is 6.00. The fourth-order valence-corrected chi connectivity index (χ4v) is 3.38. The van der Waals surface area contributed by atoms with Gasteiger partial charge in [0.25, 0.3) is 5.56 Å². The molecule has 2 aromatic carbocycles. The normalized spacial score (nSPS) is 10.7. The first-order valence-corrected chi connectivity index (χ1v) is 9.82. The van der Waals surface area contributed by atoms with E-state index in [-0.39, 0.29) is 10.6 Å². The molecule has 0 N–H and O–H groups in total. The molecule has 4 nitrogen and oxygen atoms in total. The third-order valence-electron chi connectivity index (χ3n) is 4.13. The van der Waals surface area contributed by atoms with E-state index in [2.05, 4.69) is 35.6 Å². The minimum absolute atomic E-state index is 0.194. The summed E-state index contributed by atoms with van der Waals surface area (Å²) < 4.78 is 1.39. The summed E-state index contributed by atoms with van der Waals surface area (Å²) in [5, 5.41) is 4.49. The van der Waals surface area contributed by atoms with Crippen LogP contribution in [0.4, 0.5) is 5.69 Å². The van der Waals surface area contributed by atoms with Crippen molar-refractivity contribution in [2.75, 3.05) is 18.2 Å². The first-order valence-electron chi connectivity index (χ1n) is 8.22. The van der Waals surface area contributed by atoms with Gasteiger partial charge in [-0.3, -0.25) is 4.79 Å². The number of hydrogen-bond acceptors (Lipinski definition) is 4. The zero-order valence-electron chi connectivity index (χ0n) is 14.7. The highest BCUT2D eigenvalue weighted by molar-refractivity contribution is 7.98. The zero-order valence-corrected chi connectivity index (χ0v) is 16.3. The Bertz CT molecular complexity index is 926. The average Bonchev–Trinajstić information content (AvgIpc) is 2.67. The molecule has 0 aliphatic carbocycles. The predicted octanol–water partition coefficient (Wildman–Crippen LogP) is 4.30. The van der Waals surface area contributed by atoms with Crippen molar-refractivity contribution in [2.45, 2.75) is 18.0 Å². The third-order valence-corrected chi connectivity index (χ3v) is 5.23. The maximum atomic E-state index is 12.6. The molecule has 134 valence electrons. The molecule has 1 aromatic heterocycles. The average molecular weight is 386 g/mol. The van der Waals surface area contributed by atoms with Gasteiger partial charge >= 0.3 is 0 Å². The Morgan fingerprint density at radius 3 is 2.42 bits per heavy atom. The van der Waals surface area contributed by atoms with Gasteiger partial charge in [0.2, 0.25) is 0 Å². The third kappa shape index (κ3) is 4.29. The highest BCUT2D eigenvalue weighted by atomic mass is 35.5. The van der Waals surface area contributed by atoms with Crippen LogP contribution in [0.15, 0.2) is 70.5 Å². The molecule has 0 unspecified atom stereocenters. The summed E-state index contributed by atoms with van der Waals surface area (Å²) in [5.41, 5.74) is 2.51. The molecule has 0 fully saturated rings. The topological polar surface area (TPSA) is 38.1 Å². The van der Waals surface area contributed by atoms with Gasteiger partial charge in [-0.2, -0.15) is 5.10 Å². The molecule has 0 bridgehead atoms. The van der Waals surface area contributed by atoms with E-state index in [0.717, 1.165) is 11.1 Å². The molecule has 0 aliphatic heterocycles. The highest BCUT2D eigenvalue weighted by Gasteiger charge is 2.13. The summed E-state index contributed by atoms with van der Waals surface area (Å²) in [7, 11) is 1.91. The number of benzene rings is 2. The van der Waals surface area contributed by atoms with Crippen LogP contribution in [-0.4, -0.2) is 23.1 Å². The van der Waals surface area contributed by atoms with Crippen LogP contribution in [0, 0.1) is 0 Å². The number of hydrogen-bond donors (Lipinski definition) is 0. The Balaban J connectivity index is 1.79. The molecular formula is C20H20ClN3OS. The van der Waals surface area contributed by atoms with E-state index in [1.165, 1.54) is 9.58 Å². The van der Waals surface area contributed by atoms with Crippen LogP contribution in [0.1, 0.15) is 11.1 Å².